The molecule has 0 unspecified atom stereocenters. The highest BCUT2D eigenvalue weighted by Gasteiger charge is 2.29. The van der Waals surface area contributed by atoms with Crippen molar-refractivity contribution < 1.29 is 13.6 Å². The molecule has 0 bridgehead atoms. The molecule has 0 spiro atoms. The van der Waals surface area contributed by atoms with Gasteiger partial charge >= 0.3 is 0 Å². The zero-order valence-corrected chi connectivity index (χ0v) is 12.1. The lowest BCUT2D eigenvalue weighted by Crippen LogP contribution is -2.43. The number of anilines is 1. The van der Waals surface area contributed by atoms with Gasteiger partial charge in [0.15, 0.2) is 11.6 Å². The summed E-state index contributed by atoms with van der Waals surface area (Å²) in [6.45, 7) is 0.785. The van der Waals surface area contributed by atoms with Crippen molar-refractivity contribution in [2.24, 2.45) is 5.92 Å². The summed E-state index contributed by atoms with van der Waals surface area (Å²) in [6, 6.07) is 3.77. The van der Waals surface area contributed by atoms with Gasteiger partial charge in [0.05, 0.1) is 17.6 Å². The number of hydrogen-bond acceptors (Lipinski definition) is 3. The third kappa shape index (κ3) is 3.13. The van der Waals surface area contributed by atoms with E-state index in [-0.39, 0.29) is 29.6 Å². The zero-order valence-electron chi connectivity index (χ0n) is 12.1. The van der Waals surface area contributed by atoms with Crippen LogP contribution in [0.3, 0.4) is 0 Å². The summed E-state index contributed by atoms with van der Waals surface area (Å²) in [6.07, 6.45) is 1.41. The summed E-state index contributed by atoms with van der Waals surface area (Å²) < 4.78 is 28.1. The van der Waals surface area contributed by atoms with E-state index >= 15 is 0 Å². The summed E-state index contributed by atoms with van der Waals surface area (Å²) in [4.78, 5) is 15.1. The fraction of sp³-hybridized carbons (Fsp3) is 0.467. The summed E-state index contributed by atoms with van der Waals surface area (Å²) in [5, 5.41) is 8.72. The minimum Gasteiger partial charge on any atom is -0.366 e. The minimum absolute atomic E-state index is 0.0332. The van der Waals surface area contributed by atoms with E-state index in [0.717, 1.165) is 12.1 Å². The van der Waals surface area contributed by atoms with Gasteiger partial charge < -0.3 is 9.80 Å². The van der Waals surface area contributed by atoms with Gasteiger partial charge in [0.2, 0.25) is 5.91 Å². The molecule has 1 heterocycles. The van der Waals surface area contributed by atoms with Crippen LogP contribution in [0.1, 0.15) is 18.4 Å². The molecular formula is C15H17F2N3O. The molecule has 21 heavy (non-hydrogen) atoms. The Morgan fingerprint density at radius 1 is 1.38 bits per heavy atom. The van der Waals surface area contributed by atoms with Crippen LogP contribution in [0.5, 0.6) is 0 Å². The molecule has 0 aliphatic carbocycles. The van der Waals surface area contributed by atoms with Gasteiger partial charge in [-0.2, -0.15) is 5.26 Å². The van der Waals surface area contributed by atoms with Crippen molar-refractivity contribution in [3.8, 4) is 6.07 Å². The van der Waals surface area contributed by atoms with Gasteiger partial charge in [0.1, 0.15) is 5.69 Å². The molecule has 1 aromatic carbocycles. The van der Waals surface area contributed by atoms with Gasteiger partial charge in [-0.1, -0.05) is 0 Å². The van der Waals surface area contributed by atoms with E-state index in [9.17, 15) is 13.6 Å². The number of amides is 1. The molecule has 112 valence electrons. The average molecular weight is 293 g/mol. The van der Waals surface area contributed by atoms with Crippen LogP contribution < -0.4 is 4.90 Å². The van der Waals surface area contributed by atoms with Crippen LogP contribution in [-0.2, 0) is 4.79 Å². The van der Waals surface area contributed by atoms with Crippen molar-refractivity contribution in [1.82, 2.24) is 4.90 Å². The van der Waals surface area contributed by atoms with Gasteiger partial charge in [-0.05, 0) is 25.0 Å². The molecule has 4 nitrogen and oxygen atoms in total. The van der Waals surface area contributed by atoms with E-state index in [2.05, 4.69) is 0 Å². The predicted octanol–water partition coefficient (Wildman–Crippen LogP) is 2.14. The molecule has 1 atom stereocenters. The van der Waals surface area contributed by atoms with E-state index in [1.54, 1.807) is 25.1 Å². The van der Waals surface area contributed by atoms with Gasteiger partial charge in [0.25, 0.3) is 0 Å². The van der Waals surface area contributed by atoms with E-state index in [1.165, 1.54) is 4.90 Å². The second-order valence-electron chi connectivity index (χ2n) is 5.42. The Balaban J connectivity index is 2.26. The fourth-order valence-corrected chi connectivity index (χ4v) is 2.68. The standard InChI is InChI=1S/C15H17F2N3O/c1-19(2)15(21)11-4-3-5-20(9-11)14-12(16)6-10(8-18)7-13(14)17/h6-7,11H,3-5,9H2,1-2H3/t11-/m1/s1. The van der Waals surface area contributed by atoms with Crippen LogP contribution in [0, 0.1) is 28.9 Å². The maximum absolute atomic E-state index is 14.0. The van der Waals surface area contributed by atoms with Gasteiger partial charge in [-0.3, -0.25) is 4.79 Å². The largest absolute Gasteiger partial charge is 0.366 e. The first kappa shape index (κ1) is 15.2. The lowest BCUT2D eigenvalue weighted by Gasteiger charge is -2.35. The van der Waals surface area contributed by atoms with E-state index in [0.29, 0.717) is 19.4 Å². The number of nitrogens with zero attached hydrogens (tertiary/aromatic N) is 3. The Bertz CT molecular complexity index is 572. The smallest absolute Gasteiger partial charge is 0.226 e. The first-order chi connectivity index (χ1) is 9.93. The van der Waals surface area contributed by atoms with Gasteiger partial charge in [0, 0.05) is 27.2 Å². The highest BCUT2D eigenvalue weighted by molar-refractivity contribution is 5.79. The number of piperidine rings is 1. The molecule has 1 fully saturated rings. The number of carbonyl (C=O) groups is 1. The monoisotopic (exact) mass is 293 g/mol. The quantitative estimate of drug-likeness (QED) is 0.839. The summed E-state index contributed by atoms with van der Waals surface area (Å²) >= 11 is 0. The molecule has 2 rings (SSSR count). The molecule has 1 amide bonds. The van der Waals surface area contributed by atoms with Crippen molar-refractivity contribution in [2.45, 2.75) is 12.8 Å². The highest BCUT2D eigenvalue weighted by Crippen LogP contribution is 2.29. The number of hydrogen-bond donors (Lipinski definition) is 0. The number of nitriles is 1. The second-order valence-corrected chi connectivity index (χ2v) is 5.42. The lowest BCUT2D eigenvalue weighted by atomic mass is 9.96. The molecule has 0 saturated carbocycles. The fourth-order valence-electron chi connectivity index (χ4n) is 2.68. The topological polar surface area (TPSA) is 47.3 Å². The SMILES string of the molecule is CN(C)C(=O)[C@@H]1CCCN(c2c(F)cc(C#N)cc2F)C1. The Kier molecular flexibility index (Phi) is 4.41. The lowest BCUT2D eigenvalue weighted by molar-refractivity contribution is -0.133. The van der Waals surface area contributed by atoms with Crippen molar-refractivity contribution in [2.75, 3.05) is 32.1 Å². The van der Waals surface area contributed by atoms with Crippen molar-refractivity contribution >= 4 is 11.6 Å². The highest BCUT2D eigenvalue weighted by atomic mass is 19.1. The number of halogens is 2. The molecule has 1 aliphatic heterocycles. The molecular weight excluding hydrogens is 276 g/mol. The van der Waals surface area contributed by atoms with E-state index < -0.39 is 11.6 Å². The Labute approximate surface area is 122 Å². The van der Waals surface area contributed by atoms with Crippen molar-refractivity contribution in [3.05, 3.63) is 29.3 Å². The summed E-state index contributed by atoms with van der Waals surface area (Å²) in [7, 11) is 3.34. The first-order valence-corrected chi connectivity index (χ1v) is 6.79. The molecule has 1 saturated heterocycles. The first-order valence-electron chi connectivity index (χ1n) is 6.79. The third-order valence-corrected chi connectivity index (χ3v) is 3.67. The molecule has 1 aromatic rings. The maximum atomic E-state index is 14.0. The predicted molar refractivity (Wildman–Crippen MR) is 74.7 cm³/mol. The zero-order chi connectivity index (χ0) is 15.6. The van der Waals surface area contributed by atoms with Crippen LogP contribution in [0.15, 0.2) is 12.1 Å². The number of rotatable bonds is 2. The Hall–Kier alpha value is -2.16. The van der Waals surface area contributed by atoms with Gasteiger partial charge in [-0.15, -0.1) is 0 Å². The second kappa shape index (κ2) is 6.08. The minimum atomic E-state index is -0.760. The Morgan fingerprint density at radius 2 is 2.00 bits per heavy atom. The molecule has 1 aliphatic rings. The van der Waals surface area contributed by atoms with Crippen LogP contribution in [0.25, 0.3) is 0 Å². The summed E-state index contributed by atoms with van der Waals surface area (Å²) in [5.74, 6) is -1.81. The van der Waals surface area contributed by atoms with Crippen molar-refractivity contribution in [1.29, 1.82) is 5.26 Å². The maximum Gasteiger partial charge on any atom is 0.226 e. The summed E-state index contributed by atoms with van der Waals surface area (Å²) in [5.41, 5.74) is -0.197. The number of benzene rings is 1. The normalized spacial score (nSPS) is 18.2. The van der Waals surface area contributed by atoms with E-state index in [1.807, 2.05) is 0 Å². The van der Waals surface area contributed by atoms with E-state index in [4.69, 9.17) is 5.26 Å². The van der Waals surface area contributed by atoms with Gasteiger partial charge in [-0.25, -0.2) is 8.78 Å². The van der Waals surface area contributed by atoms with Crippen LogP contribution in [-0.4, -0.2) is 38.0 Å². The van der Waals surface area contributed by atoms with Crippen LogP contribution >= 0.6 is 0 Å². The molecule has 6 heteroatoms. The van der Waals surface area contributed by atoms with Crippen LogP contribution in [0.2, 0.25) is 0 Å². The van der Waals surface area contributed by atoms with Crippen LogP contribution in [0.4, 0.5) is 14.5 Å². The third-order valence-electron chi connectivity index (χ3n) is 3.67. The average Bonchev–Trinajstić information content (AvgIpc) is 2.45. The molecule has 0 aromatic heterocycles. The number of carbonyl (C=O) groups excluding carboxylic acids is 1. The molecule has 0 radical (unpaired) electrons. The Morgan fingerprint density at radius 3 is 2.52 bits per heavy atom. The van der Waals surface area contributed by atoms with Crippen molar-refractivity contribution in [3.63, 3.8) is 0 Å². The molecule has 0 N–H and O–H groups in total.